The number of nitrogens with one attached hydrogen (secondary N) is 1. The molecular weight excluding hydrogens is 214 g/mol. The van der Waals surface area contributed by atoms with Gasteiger partial charge in [-0.15, -0.1) is 0 Å². The van der Waals surface area contributed by atoms with Gasteiger partial charge in [-0.1, -0.05) is 6.92 Å². The molecule has 4 nitrogen and oxygen atoms in total. The van der Waals surface area contributed by atoms with Gasteiger partial charge in [-0.05, 0) is 38.2 Å². The Balaban J connectivity index is 1.82. The van der Waals surface area contributed by atoms with E-state index in [4.69, 9.17) is 0 Å². The summed E-state index contributed by atoms with van der Waals surface area (Å²) in [6.07, 6.45) is 7.03. The molecule has 0 spiro atoms. The molecule has 1 aliphatic carbocycles. The average Bonchev–Trinajstić information content (AvgIpc) is 2.75. The maximum atomic E-state index is 9.62. The van der Waals surface area contributed by atoms with Crippen molar-refractivity contribution >= 4 is 0 Å². The average molecular weight is 237 g/mol. The number of hydrogen-bond donors (Lipinski definition) is 2. The molecule has 96 valence electrons. The zero-order valence-corrected chi connectivity index (χ0v) is 10.6. The standard InChI is InChI=1S/C13H23N3O/c1-2-8-16-12(6-7-15-16)10-14-11-4-3-5-13(17)9-11/h6-7,11,13-14,17H,2-5,8-10H2,1H3. The molecule has 1 fully saturated rings. The van der Waals surface area contributed by atoms with Gasteiger partial charge in [-0.3, -0.25) is 4.68 Å². The third kappa shape index (κ3) is 3.54. The summed E-state index contributed by atoms with van der Waals surface area (Å²) in [5.41, 5.74) is 1.24. The SMILES string of the molecule is CCCn1nccc1CNC1CCCC(O)C1. The van der Waals surface area contributed by atoms with E-state index in [2.05, 4.69) is 28.1 Å². The number of nitrogens with zero attached hydrogens (tertiary/aromatic N) is 2. The lowest BCUT2D eigenvalue weighted by atomic mass is 9.93. The fourth-order valence-corrected chi connectivity index (χ4v) is 2.52. The Labute approximate surface area is 103 Å². The summed E-state index contributed by atoms with van der Waals surface area (Å²) in [6, 6.07) is 2.53. The Hall–Kier alpha value is -0.870. The predicted octanol–water partition coefficient (Wildman–Crippen LogP) is 1.69. The topological polar surface area (TPSA) is 50.1 Å². The fraction of sp³-hybridized carbons (Fsp3) is 0.769. The molecule has 0 aromatic carbocycles. The van der Waals surface area contributed by atoms with E-state index in [0.29, 0.717) is 6.04 Å². The molecule has 0 aliphatic heterocycles. The number of rotatable bonds is 5. The Morgan fingerprint density at radius 2 is 2.41 bits per heavy atom. The van der Waals surface area contributed by atoms with Crippen LogP contribution in [0.1, 0.15) is 44.7 Å². The molecule has 0 bridgehead atoms. The van der Waals surface area contributed by atoms with E-state index in [1.165, 1.54) is 12.1 Å². The van der Waals surface area contributed by atoms with E-state index in [1.807, 2.05) is 6.20 Å². The molecule has 0 saturated heterocycles. The minimum Gasteiger partial charge on any atom is -0.393 e. The van der Waals surface area contributed by atoms with Gasteiger partial charge >= 0.3 is 0 Å². The first-order valence-corrected chi connectivity index (χ1v) is 6.71. The molecule has 4 heteroatoms. The van der Waals surface area contributed by atoms with Crippen molar-refractivity contribution in [3.05, 3.63) is 18.0 Å². The number of aliphatic hydroxyl groups excluding tert-OH is 1. The molecule has 1 aromatic rings. The van der Waals surface area contributed by atoms with Gasteiger partial charge in [-0.2, -0.15) is 5.10 Å². The smallest absolute Gasteiger partial charge is 0.0555 e. The maximum absolute atomic E-state index is 9.62. The molecule has 1 heterocycles. The molecular formula is C13H23N3O. The van der Waals surface area contributed by atoms with Crippen molar-refractivity contribution in [3.8, 4) is 0 Å². The maximum Gasteiger partial charge on any atom is 0.0555 e. The lowest BCUT2D eigenvalue weighted by Crippen LogP contribution is -2.36. The second-order valence-corrected chi connectivity index (χ2v) is 4.94. The van der Waals surface area contributed by atoms with Crippen LogP contribution in [0, 0.1) is 0 Å². The van der Waals surface area contributed by atoms with Crippen LogP contribution in [0.15, 0.2) is 12.3 Å². The monoisotopic (exact) mass is 237 g/mol. The number of aromatic nitrogens is 2. The minimum absolute atomic E-state index is 0.109. The molecule has 1 saturated carbocycles. The van der Waals surface area contributed by atoms with E-state index >= 15 is 0 Å². The van der Waals surface area contributed by atoms with Gasteiger partial charge in [0.1, 0.15) is 0 Å². The zero-order valence-electron chi connectivity index (χ0n) is 10.6. The van der Waals surface area contributed by atoms with Gasteiger partial charge < -0.3 is 10.4 Å². The van der Waals surface area contributed by atoms with E-state index in [-0.39, 0.29) is 6.10 Å². The van der Waals surface area contributed by atoms with E-state index in [1.54, 1.807) is 0 Å². The Morgan fingerprint density at radius 1 is 1.53 bits per heavy atom. The van der Waals surface area contributed by atoms with Gasteiger partial charge in [0.05, 0.1) is 11.8 Å². The summed E-state index contributed by atoms with van der Waals surface area (Å²) >= 11 is 0. The van der Waals surface area contributed by atoms with Crippen molar-refractivity contribution in [1.29, 1.82) is 0 Å². The van der Waals surface area contributed by atoms with Gasteiger partial charge in [0.2, 0.25) is 0 Å². The van der Waals surface area contributed by atoms with Crippen molar-refractivity contribution in [2.75, 3.05) is 0 Å². The highest BCUT2D eigenvalue weighted by molar-refractivity contribution is 5.00. The minimum atomic E-state index is -0.109. The van der Waals surface area contributed by atoms with Crippen molar-refractivity contribution < 1.29 is 5.11 Å². The van der Waals surface area contributed by atoms with Crippen LogP contribution in [0.25, 0.3) is 0 Å². The Bertz CT molecular complexity index is 337. The van der Waals surface area contributed by atoms with Gasteiger partial charge in [0.25, 0.3) is 0 Å². The molecule has 17 heavy (non-hydrogen) atoms. The molecule has 0 amide bonds. The highest BCUT2D eigenvalue weighted by atomic mass is 16.3. The molecule has 2 unspecified atom stereocenters. The highest BCUT2D eigenvalue weighted by Crippen LogP contribution is 2.18. The summed E-state index contributed by atoms with van der Waals surface area (Å²) in [7, 11) is 0. The van der Waals surface area contributed by atoms with Gasteiger partial charge in [-0.25, -0.2) is 0 Å². The largest absolute Gasteiger partial charge is 0.393 e. The first-order chi connectivity index (χ1) is 8.29. The van der Waals surface area contributed by atoms with Crippen LogP contribution in [-0.4, -0.2) is 27.0 Å². The normalized spacial score (nSPS) is 25.1. The summed E-state index contributed by atoms with van der Waals surface area (Å²) in [4.78, 5) is 0. The molecule has 2 atom stereocenters. The van der Waals surface area contributed by atoms with Crippen LogP contribution < -0.4 is 5.32 Å². The number of hydrogen-bond acceptors (Lipinski definition) is 3. The first-order valence-electron chi connectivity index (χ1n) is 6.71. The van der Waals surface area contributed by atoms with Crippen LogP contribution in [0.4, 0.5) is 0 Å². The molecule has 1 aromatic heterocycles. The highest BCUT2D eigenvalue weighted by Gasteiger charge is 2.19. The van der Waals surface area contributed by atoms with Crippen molar-refractivity contribution in [2.45, 2.75) is 64.3 Å². The second kappa shape index (κ2) is 6.17. The van der Waals surface area contributed by atoms with E-state index in [9.17, 15) is 5.11 Å². The van der Waals surface area contributed by atoms with Crippen LogP contribution in [0.2, 0.25) is 0 Å². The number of aliphatic hydroxyl groups is 1. The summed E-state index contributed by atoms with van der Waals surface area (Å²) in [5, 5.41) is 17.5. The molecule has 2 rings (SSSR count). The third-order valence-electron chi connectivity index (χ3n) is 3.46. The van der Waals surface area contributed by atoms with Crippen LogP contribution in [-0.2, 0) is 13.1 Å². The van der Waals surface area contributed by atoms with Crippen LogP contribution in [0.5, 0.6) is 0 Å². The van der Waals surface area contributed by atoms with E-state index in [0.717, 1.165) is 38.8 Å². The fourth-order valence-electron chi connectivity index (χ4n) is 2.52. The summed E-state index contributed by atoms with van der Waals surface area (Å²) in [6.45, 7) is 4.01. The molecule has 2 N–H and O–H groups in total. The second-order valence-electron chi connectivity index (χ2n) is 4.94. The van der Waals surface area contributed by atoms with E-state index < -0.39 is 0 Å². The first kappa shape index (κ1) is 12.6. The van der Waals surface area contributed by atoms with Crippen molar-refractivity contribution in [3.63, 3.8) is 0 Å². The lowest BCUT2D eigenvalue weighted by Gasteiger charge is -2.26. The van der Waals surface area contributed by atoms with Crippen molar-refractivity contribution in [1.82, 2.24) is 15.1 Å². The van der Waals surface area contributed by atoms with Crippen molar-refractivity contribution in [2.24, 2.45) is 0 Å². The summed E-state index contributed by atoms with van der Waals surface area (Å²) < 4.78 is 2.06. The quantitative estimate of drug-likeness (QED) is 0.819. The predicted molar refractivity (Wildman–Crippen MR) is 67.6 cm³/mol. The molecule has 0 radical (unpaired) electrons. The Morgan fingerprint density at radius 3 is 3.18 bits per heavy atom. The Kier molecular flexibility index (Phi) is 4.57. The number of aryl methyl sites for hydroxylation is 1. The van der Waals surface area contributed by atoms with Crippen LogP contribution >= 0.6 is 0 Å². The summed E-state index contributed by atoms with van der Waals surface area (Å²) in [5.74, 6) is 0. The third-order valence-corrected chi connectivity index (χ3v) is 3.46. The van der Waals surface area contributed by atoms with Crippen LogP contribution in [0.3, 0.4) is 0 Å². The molecule has 1 aliphatic rings. The van der Waals surface area contributed by atoms with Gasteiger partial charge in [0, 0.05) is 25.3 Å². The van der Waals surface area contributed by atoms with Gasteiger partial charge in [0.15, 0.2) is 0 Å². The lowest BCUT2D eigenvalue weighted by molar-refractivity contribution is 0.111. The zero-order chi connectivity index (χ0) is 12.1.